The Morgan fingerprint density at radius 2 is 2.16 bits per heavy atom. The molecule has 4 N–H and O–H groups in total. The Morgan fingerprint density at radius 3 is 2.68 bits per heavy atom. The standard InChI is InChI=1S/C10H12N4O5/c11-7(15)4-6(9(17)18)13-8(16)5-14-3-1-2-12-10(14)19/h1-3,6H,4-5H2,(H2,11,15)(H,13,16)(H,17,18)/t6-/m0/s1. The smallest absolute Gasteiger partial charge is 0.347 e. The zero-order valence-corrected chi connectivity index (χ0v) is 9.78. The van der Waals surface area contributed by atoms with Gasteiger partial charge < -0.3 is 16.2 Å². The molecule has 1 rings (SSSR count). The van der Waals surface area contributed by atoms with Gasteiger partial charge in [0.15, 0.2) is 0 Å². The monoisotopic (exact) mass is 268 g/mol. The van der Waals surface area contributed by atoms with Crippen LogP contribution in [0.2, 0.25) is 0 Å². The summed E-state index contributed by atoms with van der Waals surface area (Å²) in [5.41, 5.74) is 4.23. The molecule has 19 heavy (non-hydrogen) atoms. The van der Waals surface area contributed by atoms with Gasteiger partial charge in [-0.05, 0) is 6.07 Å². The van der Waals surface area contributed by atoms with Crippen molar-refractivity contribution in [3.63, 3.8) is 0 Å². The van der Waals surface area contributed by atoms with Crippen LogP contribution in [0.3, 0.4) is 0 Å². The highest BCUT2D eigenvalue weighted by Crippen LogP contribution is 1.92. The molecule has 0 aliphatic carbocycles. The minimum absolute atomic E-state index is 0.394. The SMILES string of the molecule is NC(=O)C[C@H](NC(=O)Cn1cccnc1=O)C(=O)O. The fourth-order valence-corrected chi connectivity index (χ4v) is 1.30. The van der Waals surface area contributed by atoms with E-state index in [4.69, 9.17) is 10.8 Å². The highest BCUT2D eigenvalue weighted by molar-refractivity contribution is 5.88. The largest absolute Gasteiger partial charge is 0.480 e. The Kier molecular flexibility index (Phi) is 4.75. The third-order valence-corrected chi connectivity index (χ3v) is 2.14. The first kappa shape index (κ1) is 14.4. The number of rotatable bonds is 6. The van der Waals surface area contributed by atoms with Gasteiger partial charge in [-0.15, -0.1) is 0 Å². The Balaban J connectivity index is 2.68. The van der Waals surface area contributed by atoms with E-state index in [1.54, 1.807) is 0 Å². The molecule has 2 amide bonds. The average Bonchev–Trinajstić information content (AvgIpc) is 2.30. The molecule has 0 saturated carbocycles. The second-order valence-corrected chi connectivity index (χ2v) is 3.66. The van der Waals surface area contributed by atoms with Gasteiger partial charge in [-0.2, -0.15) is 0 Å². The first-order valence-corrected chi connectivity index (χ1v) is 5.22. The lowest BCUT2D eigenvalue weighted by molar-refractivity contribution is -0.143. The molecule has 0 saturated heterocycles. The number of nitrogens with two attached hydrogens (primary N) is 1. The van der Waals surface area contributed by atoms with Gasteiger partial charge in [0.05, 0.1) is 6.42 Å². The normalized spacial score (nSPS) is 11.6. The molecule has 102 valence electrons. The number of nitrogens with zero attached hydrogens (tertiary/aromatic N) is 2. The topological polar surface area (TPSA) is 144 Å². The number of carboxylic acid groups (broad SMARTS) is 1. The Bertz CT molecular complexity index is 553. The van der Waals surface area contributed by atoms with Crippen LogP contribution in [0.1, 0.15) is 6.42 Å². The number of hydrogen-bond acceptors (Lipinski definition) is 5. The second-order valence-electron chi connectivity index (χ2n) is 3.66. The van der Waals surface area contributed by atoms with Crippen LogP contribution in [0.4, 0.5) is 0 Å². The van der Waals surface area contributed by atoms with Gasteiger partial charge in [0, 0.05) is 12.4 Å². The van der Waals surface area contributed by atoms with E-state index in [1.165, 1.54) is 18.5 Å². The summed E-state index contributed by atoms with van der Waals surface area (Å²) >= 11 is 0. The highest BCUT2D eigenvalue weighted by atomic mass is 16.4. The lowest BCUT2D eigenvalue weighted by Gasteiger charge is -2.13. The van der Waals surface area contributed by atoms with Gasteiger partial charge in [0.25, 0.3) is 0 Å². The number of carboxylic acids is 1. The van der Waals surface area contributed by atoms with E-state index >= 15 is 0 Å². The molecule has 9 nitrogen and oxygen atoms in total. The number of primary amides is 1. The molecule has 1 heterocycles. The van der Waals surface area contributed by atoms with Crippen molar-refractivity contribution in [3.05, 3.63) is 28.9 Å². The predicted octanol–water partition coefficient (Wildman–Crippen LogP) is -2.31. The second kappa shape index (κ2) is 6.28. The summed E-state index contributed by atoms with van der Waals surface area (Å²) in [7, 11) is 0. The number of aromatic nitrogens is 2. The molecule has 0 spiro atoms. The molecule has 0 bridgehead atoms. The molecule has 1 atom stereocenters. The molecule has 0 aliphatic heterocycles. The average molecular weight is 268 g/mol. The molecule has 0 fully saturated rings. The van der Waals surface area contributed by atoms with Crippen molar-refractivity contribution in [3.8, 4) is 0 Å². The molecule has 1 aromatic heterocycles. The fraction of sp³-hybridized carbons (Fsp3) is 0.300. The number of amides is 2. The summed E-state index contributed by atoms with van der Waals surface area (Å²) in [6.07, 6.45) is 2.08. The molecule has 0 aliphatic rings. The van der Waals surface area contributed by atoms with Crippen LogP contribution in [-0.2, 0) is 20.9 Å². The summed E-state index contributed by atoms with van der Waals surface area (Å²) < 4.78 is 0.999. The summed E-state index contributed by atoms with van der Waals surface area (Å²) in [4.78, 5) is 47.6. The molecular formula is C10H12N4O5. The summed E-state index contributed by atoms with van der Waals surface area (Å²) in [5, 5.41) is 10.9. The molecular weight excluding hydrogens is 256 g/mol. The Labute approximate surface area is 107 Å². The lowest BCUT2D eigenvalue weighted by atomic mass is 10.2. The van der Waals surface area contributed by atoms with E-state index in [-0.39, 0.29) is 0 Å². The quantitative estimate of drug-likeness (QED) is 0.528. The van der Waals surface area contributed by atoms with Gasteiger partial charge >= 0.3 is 11.7 Å². The van der Waals surface area contributed by atoms with Crippen LogP contribution in [0.5, 0.6) is 0 Å². The van der Waals surface area contributed by atoms with E-state index in [0.29, 0.717) is 0 Å². The highest BCUT2D eigenvalue weighted by Gasteiger charge is 2.22. The molecule has 0 radical (unpaired) electrons. The van der Waals surface area contributed by atoms with Crippen LogP contribution < -0.4 is 16.7 Å². The summed E-state index contributed by atoms with van der Waals surface area (Å²) in [6.45, 7) is -0.394. The molecule has 1 aromatic rings. The van der Waals surface area contributed by atoms with Crippen LogP contribution >= 0.6 is 0 Å². The van der Waals surface area contributed by atoms with E-state index in [0.717, 1.165) is 4.57 Å². The number of carbonyl (C=O) groups excluding carboxylic acids is 2. The summed E-state index contributed by atoms with van der Waals surface area (Å²) in [6, 6.07) is 0.0321. The maximum atomic E-state index is 11.5. The van der Waals surface area contributed by atoms with Gasteiger partial charge in [0.1, 0.15) is 12.6 Å². The predicted molar refractivity (Wildman–Crippen MR) is 61.9 cm³/mol. The van der Waals surface area contributed by atoms with Gasteiger partial charge in [-0.3, -0.25) is 14.2 Å². The van der Waals surface area contributed by atoms with Gasteiger partial charge in [-0.25, -0.2) is 14.6 Å². The van der Waals surface area contributed by atoms with E-state index in [1.807, 2.05) is 0 Å². The van der Waals surface area contributed by atoms with Crippen molar-refractivity contribution in [2.24, 2.45) is 5.73 Å². The van der Waals surface area contributed by atoms with Crippen molar-refractivity contribution in [1.82, 2.24) is 14.9 Å². The van der Waals surface area contributed by atoms with Crippen LogP contribution in [0.15, 0.2) is 23.3 Å². The van der Waals surface area contributed by atoms with Crippen LogP contribution in [0, 0.1) is 0 Å². The molecule has 0 unspecified atom stereocenters. The van der Waals surface area contributed by atoms with Crippen molar-refractivity contribution >= 4 is 17.8 Å². The minimum Gasteiger partial charge on any atom is -0.480 e. The van der Waals surface area contributed by atoms with Crippen molar-refractivity contribution in [2.45, 2.75) is 19.0 Å². The third kappa shape index (κ3) is 4.58. The maximum Gasteiger partial charge on any atom is 0.347 e. The Hall–Kier alpha value is -2.71. The minimum atomic E-state index is -1.42. The fourth-order valence-electron chi connectivity index (χ4n) is 1.30. The first-order valence-electron chi connectivity index (χ1n) is 5.22. The summed E-state index contributed by atoms with van der Waals surface area (Å²) in [5.74, 6) is -2.97. The maximum absolute atomic E-state index is 11.5. The van der Waals surface area contributed by atoms with Crippen molar-refractivity contribution in [2.75, 3.05) is 0 Å². The number of nitrogens with one attached hydrogen (secondary N) is 1. The lowest BCUT2D eigenvalue weighted by Crippen LogP contribution is -2.45. The first-order chi connectivity index (χ1) is 8.90. The Morgan fingerprint density at radius 1 is 1.47 bits per heavy atom. The van der Waals surface area contributed by atoms with Gasteiger partial charge in [-0.1, -0.05) is 0 Å². The van der Waals surface area contributed by atoms with E-state index in [9.17, 15) is 19.2 Å². The van der Waals surface area contributed by atoms with Crippen molar-refractivity contribution < 1.29 is 19.5 Å². The third-order valence-electron chi connectivity index (χ3n) is 2.14. The van der Waals surface area contributed by atoms with Gasteiger partial charge in [0.2, 0.25) is 11.8 Å². The molecule has 9 heteroatoms. The zero-order valence-electron chi connectivity index (χ0n) is 9.78. The number of aliphatic carboxylic acids is 1. The van der Waals surface area contributed by atoms with Crippen LogP contribution in [-0.4, -0.2) is 38.5 Å². The van der Waals surface area contributed by atoms with E-state index < -0.39 is 42.5 Å². The van der Waals surface area contributed by atoms with Crippen LogP contribution in [0.25, 0.3) is 0 Å². The van der Waals surface area contributed by atoms with E-state index in [2.05, 4.69) is 10.3 Å². The number of carbonyl (C=O) groups is 3. The zero-order chi connectivity index (χ0) is 14.4. The molecule has 0 aromatic carbocycles. The number of hydrogen-bond donors (Lipinski definition) is 3. The van der Waals surface area contributed by atoms with Crippen molar-refractivity contribution in [1.29, 1.82) is 0 Å².